The fourth-order valence-corrected chi connectivity index (χ4v) is 3.69. The van der Waals surface area contributed by atoms with Crippen LogP contribution in [0.3, 0.4) is 0 Å². The van der Waals surface area contributed by atoms with Crippen molar-refractivity contribution in [2.75, 3.05) is 33.4 Å². The number of ether oxygens (including phenoxy) is 2. The Morgan fingerprint density at radius 1 is 1.25 bits per heavy atom. The highest BCUT2D eigenvalue weighted by Gasteiger charge is 2.17. The quantitative estimate of drug-likeness (QED) is 0.226. The van der Waals surface area contributed by atoms with Crippen molar-refractivity contribution in [3.8, 4) is 5.75 Å². The number of H-pyrrole nitrogens is 1. The summed E-state index contributed by atoms with van der Waals surface area (Å²) in [6.45, 7) is 5.79. The van der Waals surface area contributed by atoms with Crippen LogP contribution >= 0.6 is 24.0 Å². The minimum absolute atomic E-state index is 0. The van der Waals surface area contributed by atoms with Gasteiger partial charge in [0.05, 0.1) is 24.2 Å². The number of aliphatic imine (C=N–C) groups is 1. The van der Waals surface area contributed by atoms with Gasteiger partial charge in [0, 0.05) is 44.6 Å². The average molecular weight is 549 g/mol. The molecule has 1 aliphatic rings. The van der Waals surface area contributed by atoms with Crippen LogP contribution in [-0.2, 0) is 17.7 Å². The molecule has 3 N–H and O–H groups in total. The number of aryl methyl sites for hydroxylation is 1. The standard InChI is InChI=1S/C24H31N5O2.HI/c1-17-7-8-19(22(13-17)31-16-18-10-12-30-15-18)14-27-24(25-2)26-11-9-23-28-20-5-3-4-6-21(20)29-23;/h3-8,13,18H,9-12,14-16H2,1-2H3,(H,28,29)(H2,25,26,27);1H. The lowest BCUT2D eigenvalue weighted by Gasteiger charge is -2.17. The number of aromatic nitrogens is 2. The summed E-state index contributed by atoms with van der Waals surface area (Å²) < 4.78 is 11.6. The number of aromatic amines is 1. The van der Waals surface area contributed by atoms with E-state index in [1.54, 1.807) is 7.05 Å². The summed E-state index contributed by atoms with van der Waals surface area (Å²) in [5.41, 5.74) is 4.37. The minimum atomic E-state index is 0. The van der Waals surface area contributed by atoms with Crippen molar-refractivity contribution in [1.82, 2.24) is 20.6 Å². The second-order valence-electron chi connectivity index (χ2n) is 7.95. The Morgan fingerprint density at radius 3 is 2.91 bits per heavy atom. The topological polar surface area (TPSA) is 83.6 Å². The maximum Gasteiger partial charge on any atom is 0.191 e. The third-order valence-electron chi connectivity index (χ3n) is 5.48. The third kappa shape index (κ3) is 6.59. The molecule has 0 amide bonds. The first-order valence-corrected chi connectivity index (χ1v) is 10.9. The molecule has 32 heavy (non-hydrogen) atoms. The Morgan fingerprint density at radius 2 is 2.12 bits per heavy atom. The van der Waals surface area contributed by atoms with Crippen molar-refractivity contribution >= 4 is 41.0 Å². The van der Waals surface area contributed by atoms with Crippen LogP contribution in [0.5, 0.6) is 5.75 Å². The van der Waals surface area contributed by atoms with Gasteiger partial charge in [0.25, 0.3) is 0 Å². The number of benzene rings is 2. The van der Waals surface area contributed by atoms with Crippen LogP contribution in [0.1, 0.15) is 23.4 Å². The van der Waals surface area contributed by atoms with E-state index in [2.05, 4.69) is 50.7 Å². The normalized spacial score (nSPS) is 16.1. The Balaban J connectivity index is 0.00000289. The van der Waals surface area contributed by atoms with Crippen LogP contribution in [0.15, 0.2) is 47.5 Å². The molecule has 0 saturated carbocycles. The Kier molecular flexibility index (Phi) is 9.16. The molecule has 0 radical (unpaired) electrons. The first-order chi connectivity index (χ1) is 15.2. The van der Waals surface area contributed by atoms with E-state index in [4.69, 9.17) is 9.47 Å². The summed E-state index contributed by atoms with van der Waals surface area (Å²) in [4.78, 5) is 12.3. The fraction of sp³-hybridized carbons (Fsp3) is 0.417. The van der Waals surface area contributed by atoms with Crippen LogP contribution in [0.4, 0.5) is 0 Å². The van der Waals surface area contributed by atoms with Crippen LogP contribution < -0.4 is 15.4 Å². The second-order valence-corrected chi connectivity index (χ2v) is 7.95. The molecule has 2 heterocycles. The number of fused-ring (bicyclic) bond motifs is 1. The van der Waals surface area contributed by atoms with Crippen molar-refractivity contribution in [2.24, 2.45) is 10.9 Å². The summed E-state index contributed by atoms with van der Waals surface area (Å²) >= 11 is 0. The molecule has 4 rings (SSSR count). The SMILES string of the molecule is CN=C(NCCc1nc2ccccc2[nH]1)NCc1ccc(C)cc1OCC1CCOC1.I. The second kappa shape index (κ2) is 12.1. The van der Waals surface area contributed by atoms with E-state index in [1.165, 1.54) is 5.56 Å². The molecule has 1 saturated heterocycles. The molecule has 1 fully saturated rings. The molecule has 2 aromatic carbocycles. The van der Waals surface area contributed by atoms with Crippen molar-refractivity contribution in [3.05, 3.63) is 59.4 Å². The van der Waals surface area contributed by atoms with E-state index in [1.807, 2.05) is 24.3 Å². The highest BCUT2D eigenvalue weighted by atomic mass is 127. The highest BCUT2D eigenvalue weighted by Crippen LogP contribution is 2.22. The first kappa shape index (κ1) is 24.3. The van der Waals surface area contributed by atoms with Gasteiger partial charge in [-0.15, -0.1) is 24.0 Å². The summed E-state index contributed by atoms with van der Waals surface area (Å²) in [7, 11) is 1.78. The van der Waals surface area contributed by atoms with Gasteiger partial charge in [0.2, 0.25) is 0 Å². The number of hydrogen-bond acceptors (Lipinski definition) is 4. The van der Waals surface area contributed by atoms with Gasteiger partial charge in [-0.2, -0.15) is 0 Å². The lowest BCUT2D eigenvalue weighted by Crippen LogP contribution is -2.38. The molecule has 172 valence electrons. The van der Waals surface area contributed by atoms with E-state index >= 15 is 0 Å². The summed E-state index contributed by atoms with van der Waals surface area (Å²) in [6, 6.07) is 14.4. The lowest BCUT2D eigenvalue weighted by atomic mass is 10.1. The Bertz CT molecular complexity index is 997. The van der Waals surface area contributed by atoms with Gasteiger partial charge in [0.15, 0.2) is 5.96 Å². The number of rotatable bonds is 8. The number of imidazole rings is 1. The van der Waals surface area contributed by atoms with Gasteiger partial charge in [0.1, 0.15) is 11.6 Å². The summed E-state index contributed by atoms with van der Waals surface area (Å²) in [5.74, 6) is 3.13. The number of para-hydroxylation sites is 2. The molecule has 8 heteroatoms. The summed E-state index contributed by atoms with van der Waals surface area (Å²) in [5, 5.41) is 6.75. The van der Waals surface area contributed by atoms with Crippen LogP contribution in [0.2, 0.25) is 0 Å². The fourth-order valence-electron chi connectivity index (χ4n) is 3.69. The van der Waals surface area contributed by atoms with Gasteiger partial charge in [-0.25, -0.2) is 4.98 Å². The smallest absolute Gasteiger partial charge is 0.191 e. The van der Waals surface area contributed by atoms with Gasteiger partial charge >= 0.3 is 0 Å². The van der Waals surface area contributed by atoms with Crippen molar-refractivity contribution < 1.29 is 9.47 Å². The molecule has 1 aliphatic heterocycles. The predicted octanol–water partition coefficient (Wildman–Crippen LogP) is 3.81. The molecular weight excluding hydrogens is 517 g/mol. The third-order valence-corrected chi connectivity index (χ3v) is 5.48. The summed E-state index contributed by atoms with van der Waals surface area (Å²) in [6.07, 6.45) is 1.86. The van der Waals surface area contributed by atoms with Crippen LogP contribution in [0, 0.1) is 12.8 Å². The molecule has 1 unspecified atom stereocenters. The number of guanidine groups is 1. The molecular formula is C24H32IN5O2. The van der Waals surface area contributed by atoms with Crippen LogP contribution in [-0.4, -0.2) is 49.3 Å². The Hall–Kier alpha value is -2.33. The molecule has 1 atom stereocenters. The maximum absolute atomic E-state index is 6.14. The Labute approximate surface area is 206 Å². The van der Waals surface area contributed by atoms with E-state index in [0.717, 1.165) is 66.7 Å². The molecule has 0 spiro atoms. The van der Waals surface area contributed by atoms with Crippen molar-refractivity contribution in [1.29, 1.82) is 0 Å². The highest BCUT2D eigenvalue weighted by molar-refractivity contribution is 14.0. The van der Waals surface area contributed by atoms with Crippen molar-refractivity contribution in [3.63, 3.8) is 0 Å². The van der Waals surface area contributed by atoms with Crippen molar-refractivity contribution in [2.45, 2.75) is 26.3 Å². The number of nitrogens with zero attached hydrogens (tertiary/aromatic N) is 2. The number of hydrogen-bond donors (Lipinski definition) is 3. The largest absolute Gasteiger partial charge is 0.493 e. The zero-order chi connectivity index (χ0) is 21.5. The monoisotopic (exact) mass is 549 g/mol. The van der Waals surface area contributed by atoms with E-state index in [9.17, 15) is 0 Å². The van der Waals surface area contributed by atoms with Crippen LogP contribution in [0.25, 0.3) is 11.0 Å². The zero-order valence-corrected chi connectivity index (χ0v) is 21.0. The molecule has 0 aliphatic carbocycles. The molecule has 7 nitrogen and oxygen atoms in total. The predicted molar refractivity (Wildman–Crippen MR) is 139 cm³/mol. The van der Waals surface area contributed by atoms with Gasteiger partial charge in [-0.1, -0.05) is 24.3 Å². The van der Waals surface area contributed by atoms with Gasteiger partial charge in [-0.3, -0.25) is 4.99 Å². The van der Waals surface area contributed by atoms with Gasteiger partial charge < -0.3 is 25.1 Å². The van der Waals surface area contributed by atoms with E-state index in [0.29, 0.717) is 19.1 Å². The van der Waals surface area contributed by atoms with E-state index in [-0.39, 0.29) is 24.0 Å². The first-order valence-electron chi connectivity index (χ1n) is 10.9. The molecule has 0 bridgehead atoms. The van der Waals surface area contributed by atoms with E-state index < -0.39 is 0 Å². The minimum Gasteiger partial charge on any atom is -0.493 e. The molecule has 1 aromatic heterocycles. The average Bonchev–Trinajstić information content (AvgIpc) is 3.45. The zero-order valence-electron chi connectivity index (χ0n) is 18.7. The molecule has 3 aromatic rings. The van der Waals surface area contributed by atoms with Gasteiger partial charge in [-0.05, 0) is 37.1 Å². The maximum atomic E-state index is 6.14. The lowest BCUT2D eigenvalue weighted by molar-refractivity contribution is 0.166. The number of nitrogens with one attached hydrogen (secondary N) is 3. The number of halogens is 1.